The Morgan fingerprint density at radius 1 is 1.43 bits per heavy atom. The van der Waals surface area contributed by atoms with Crippen LogP contribution in [0.4, 0.5) is 11.4 Å². The van der Waals surface area contributed by atoms with Gasteiger partial charge in [0.15, 0.2) is 0 Å². The predicted octanol–water partition coefficient (Wildman–Crippen LogP) is 2.79. The summed E-state index contributed by atoms with van der Waals surface area (Å²) in [6.45, 7) is 3.14. The first-order valence-electron chi connectivity index (χ1n) is 5.36. The standard InChI is InChI=1S/C12H18N2/c1-9-2-5-11(13)12(8-9)14-7-6-10-3-4-10/h2,5,8,10,14H,3-4,6-7,13H2,1H3. The third-order valence-corrected chi connectivity index (χ3v) is 2.77. The number of hydrogen-bond acceptors (Lipinski definition) is 2. The van der Waals surface area contributed by atoms with E-state index in [-0.39, 0.29) is 0 Å². The van der Waals surface area contributed by atoms with Gasteiger partial charge in [-0.1, -0.05) is 18.9 Å². The number of nitrogen functional groups attached to an aromatic ring is 1. The van der Waals surface area contributed by atoms with Gasteiger partial charge in [-0.15, -0.1) is 0 Å². The highest BCUT2D eigenvalue weighted by Gasteiger charge is 2.20. The fraction of sp³-hybridized carbons (Fsp3) is 0.500. The molecule has 0 amide bonds. The van der Waals surface area contributed by atoms with E-state index in [1.165, 1.54) is 24.8 Å². The van der Waals surface area contributed by atoms with Crippen LogP contribution in [0.1, 0.15) is 24.8 Å². The summed E-state index contributed by atoms with van der Waals surface area (Å²) in [7, 11) is 0. The van der Waals surface area contributed by atoms with Gasteiger partial charge >= 0.3 is 0 Å². The molecule has 0 aromatic heterocycles. The Bertz CT molecular complexity index is 316. The summed E-state index contributed by atoms with van der Waals surface area (Å²) in [5.41, 5.74) is 9.06. The molecular formula is C12H18N2. The first kappa shape index (κ1) is 9.38. The van der Waals surface area contributed by atoms with Gasteiger partial charge in [0.05, 0.1) is 11.4 Å². The van der Waals surface area contributed by atoms with Crippen LogP contribution in [-0.2, 0) is 0 Å². The van der Waals surface area contributed by atoms with Crippen LogP contribution in [0, 0.1) is 12.8 Å². The summed E-state index contributed by atoms with van der Waals surface area (Å²) in [5.74, 6) is 0.980. The molecule has 0 bridgehead atoms. The molecule has 1 fully saturated rings. The second-order valence-electron chi connectivity index (χ2n) is 4.25. The lowest BCUT2D eigenvalue weighted by molar-refractivity contribution is 0.760. The van der Waals surface area contributed by atoms with Crippen molar-refractivity contribution in [3.63, 3.8) is 0 Å². The number of benzene rings is 1. The second kappa shape index (κ2) is 3.91. The molecule has 1 aliphatic rings. The van der Waals surface area contributed by atoms with Crippen molar-refractivity contribution in [2.45, 2.75) is 26.2 Å². The van der Waals surface area contributed by atoms with E-state index in [2.05, 4.69) is 18.3 Å². The summed E-state index contributed by atoms with van der Waals surface area (Å²) >= 11 is 0. The van der Waals surface area contributed by atoms with Gasteiger partial charge < -0.3 is 11.1 Å². The molecule has 2 rings (SSSR count). The van der Waals surface area contributed by atoms with Crippen LogP contribution in [-0.4, -0.2) is 6.54 Å². The summed E-state index contributed by atoms with van der Waals surface area (Å²) in [5, 5.41) is 3.40. The Balaban J connectivity index is 1.89. The van der Waals surface area contributed by atoms with Crippen molar-refractivity contribution in [3.05, 3.63) is 23.8 Å². The van der Waals surface area contributed by atoms with E-state index >= 15 is 0 Å². The fourth-order valence-electron chi connectivity index (χ4n) is 1.64. The molecule has 0 heterocycles. The Morgan fingerprint density at radius 3 is 2.93 bits per heavy atom. The van der Waals surface area contributed by atoms with Gasteiger partial charge in [0.25, 0.3) is 0 Å². The van der Waals surface area contributed by atoms with Crippen molar-refractivity contribution in [1.29, 1.82) is 0 Å². The molecule has 1 aliphatic carbocycles. The monoisotopic (exact) mass is 190 g/mol. The van der Waals surface area contributed by atoms with Crippen LogP contribution in [0.5, 0.6) is 0 Å². The van der Waals surface area contributed by atoms with Crippen molar-refractivity contribution in [2.24, 2.45) is 5.92 Å². The Morgan fingerprint density at radius 2 is 2.21 bits per heavy atom. The molecule has 0 aliphatic heterocycles. The number of nitrogens with two attached hydrogens (primary N) is 1. The van der Waals surface area contributed by atoms with Gasteiger partial charge in [-0.25, -0.2) is 0 Å². The van der Waals surface area contributed by atoms with Crippen LogP contribution in [0.25, 0.3) is 0 Å². The smallest absolute Gasteiger partial charge is 0.0576 e. The molecule has 0 unspecified atom stereocenters. The Hall–Kier alpha value is -1.18. The normalized spacial score (nSPS) is 15.5. The van der Waals surface area contributed by atoms with Crippen molar-refractivity contribution >= 4 is 11.4 Å². The minimum atomic E-state index is 0.853. The zero-order valence-electron chi connectivity index (χ0n) is 8.72. The van der Waals surface area contributed by atoms with Crippen LogP contribution < -0.4 is 11.1 Å². The van der Waals surface area contributed by atoms with Crippen molar-refractivity contribution in [2.75, 3.05) is 17.6 Å². The maximum atomic E-state index is 5.86. The summed E-state index contributed by atoms with van der Waals surface area (Å²) in [4.78, 5) is 0. The van der Waals surface area contributed by atoms with Crippen LogP contribution in [0.15, 0.2) is 18.2 Å². The van der Waals surface area contributed by atoms with E-state index in [4.69, 9.17) is 5.73 Å². The van der Waals surface area contributed by atoms with Crippen LogP contribution in [0.2, 0.25) is 0 Å². The molecule has 14 heavy (non-hydrogen) atoms. The third-order valence-electron chi connectivity index (χ3n) is 2.77. The first-order valence-corrected chi connectivity index (χ1v) is 5.36. The molecule has 0 spiro atoms. The molecule has 76 valence electrons. The first-order chi connectivity index (χ1) is 6.75. The maximum Gasteiger partial charge on any atom is 0.0576 e. The van der Waals surface area contributed by atoms with E-state index in [9.17, 15) is 0 Å². The quantitative estimate of drug-likeness (QED) is 0.716. The predicted molar refractivity (Wildman–Crippen MR) is 61.4 cm³/mol. The molecule has 0 atom stereocenters. The molecular weight excluding hydrogens is 172 g/mol. The molecule has 2 nitrogen and oxygen atoms in total. The van der Waals surface area contributed by atoms with E-state index in [1.54, 1.807) is 0 Å². The number of rotatable bonds is 4. The molecule has 1 aromatic rings. The summed E-state index contributed by atoms with van der Waals surface area (Å²) in [6.07, 6.45) is 4.13. The highest BCUT2D eigenvalue weighted by Crippen LogP contribution is 2.32. The molecule has 1 aromatic carbocycles. The Labute approximate surface area is 85.5 Å². The van der Waals surface area contributed by atoms with E-state index in [0.29, 0.717) is 0 Å². The lowest BCUT2D eigenvalue weighted by Crippen LogP contribution is -2.04. The molecule has 3 N–H and O–H groups in total. The number of hydrogen-bond donors (Lipinski definition) is 2. The summed E-state index contributed by atoms with van der Waals surface area (Å²) in [6, 6.07) is 6.12. The zero-order chi connectivity index (χ0) is 9.97. The van der Waals surface area contributed by atoms with Crippen LogP contribution >= 0.6 is 0 Å². The van der Waals surface area contributed by atoms with Crippen molar-refractivity contribution in [3.8, 4) is 0 Å². The molecule has 2 heteroatoms. The van der Waals surface area contributed by atoms with Crippen molar-refractivity contribution in [1.82, 2.24) is 0 Å². The van der Waals surface area contributed by atoms with E-state index in [0.717, 1.165) is 23.8 Å². The number of anilines is 2. The highest BCUT2D eigenvalue weighted by molar-refractivity contribution is 5.66. The minimum Gasteiger partial charge on any atom is -0.397 e. The second-order valence-corrected chi connectivity index (χ2v) is 4.25. The molecule has 0 saturated heterocycles. The average Bonchev–Trinajstić information content (AvgIpc) is 2.95. The molecule has 1 saturated carbocycles. The van der Waals surface area contributed by atoms with Gasteiger partial charge in [-0.3, -0.25) is 0 Å². The van der Waals surface area contributed by atoms with Gasteiger partial charge in [-0.2, -0.15) is 0 Å². The van der Waals surface area contributed by atoms with E-state index < -0.39 is 0 Å². The van der Waals surface area contributed by atoms with Crippen LogP contribution in [0.3, 0.4) is 0 Å². The fourth-order valence-corrected chi connectivity index (χ4v) is 1.64. The van der Waals surface area contributed by atoms with Gasteiger partial charge in [0.1, 0.15) is 0 Å². The number of nitrogens with one attached hydrogen (secondary N) is 1. The average molecular weight is 190 g/mol. The highest BCUT2D eigenvalue weighted by atomic mass is 14.9. The third kappa shape index (κ3) is 2.41. The Kier molecular flexibility index (Phi) is 2.62. The SMILES string of the molecule is Cc1ccc(N)c(NCCC2CC2)c1. The topological polar surface area (TPSA) is 38.0 Å². The lowest BCUT2D eigenvalue weighted by atomic mass is 10.2. The maximum absolute atomic E-state index is 5.86. The zero-order valence-corrected chi connectivity index (χ0v) is 8.72. The summed E-state index contributed by atoms with van der Waals surface area (Å²) < 4.78 is 0. The van der Waals surface area contributed by atoms with Gasteiger partial charge in [0, 0.05) is 6.54 Å². The van der Waals surface area contributed by atoms with Gasteiger partial charge in [-0.05, 0) is 37.0 Å². The largest absolute Gasteiger partial charge is 0.397 e. The van der Waals surface area contributed by atoms with Gasteiger partial charge in [0.2, 0.25) is 0 Å². The molecule has 0 radical (unpaired) electrons. The minimum absolute atomic E-state index is 0.853. The number of aryl methyl sites for hydroxylation is 1. The van der Waals surface area contributed by atoms with Crippen molar-refractivity contribution < 1.29 is 0 Å². The van der Waals surface area contributed by atoms with E-state index in [1.807, 2.05) is 12.1 Å². The lowest BCUT2D eigenvalue weighted by Gasteiger charge is -2.09.